The maximum absolute atomic E-state index is 12.3. The van der Waals surface area contributed by atoms with Gasteiger partial charge in [0.2, 0.25) is 0 Å². The number of hydrogen-bond acceptors (Lipinski definition) is 10. The molecule has 2 N–H and O–H groups in total. The SMILES string of the molecule is O=C(OCCOCCO)c1ccc2c(c1)Sc1ccc(C(=O)OCCOCCO)cc1S2. The summed E-state index contributed by atoms with van der Waals surface area (Å²) >= 11 is 3.04. The van der Waals surface area contributed by atoms with Crippen LogP contribution < -0.4 is 0 Å². The Morgan fingerprint density at radius 3 is 1.47 bits per heavy atom. The first kappa shape index (κ1) is 24.6. The van der Waals surface area contributed by atoms with Crippen molar-refractivity contribution in [1.29, 1.82) is 0 Å². The number of esters is 2. The smallest absolute Gasteiger partial charge is 0.338 e. The van der Waals surface area contributed by atoms with E-state index in [0.717, 1.165) is 19.6 Å². The third-order valence-electron chi connectivity index (χ3n) is 4.19. The van der Waals surface area contributed by atoms with Gasteiger partial charge in [-0.2, -0.15) is 0 Å². The molecule has 3 rings (SSSR count). The fourth-order valence-corrected chi connectivity index (χ4v) is 5.00. The zero-order valence-electron chi connectivity index (χ0n) is 17.3. The minimum Gasteiger partial charge on any atom is -0.460 e. The Hall–Kier alpha value is -2.08. The summed E-state index contributed by atoms with van der Waals surface area (Å²) < 4.78 is 20.6. The monoisotopic (exact) mass is 480 g/mol. The van der Waals surface area contributed by atoms with E-state index in [9.17, 15) is 9.59 Å². The molecular formula is C22H24O8S2. The van der Waals surface area contributed by atoms with Crippen LogP contribution in [-0.2, 0) is 18.9 Å². The molecule has 0 amide bonds. The largest absolute Gasteiger partial charge is 0.460 e. The van der Waals surface area contributed by atoms with E-state index in [1.165, 1.54) is 23.5 Å². The lowest BCUT2D eigenvalue weighted by molar-refractivity contribution is 0.0252. The molecule has 2 aromatic carbocycles. The maximum Gasteiger partial charge on any atom is 0.338 e. The Morgan fingerprint density at radius 2 is 1.06 bits per heavy atom. The molecule has 10 heteroatoms. The molecule has 0 bridgehead atoms. The van der Waals surface area contributed by atoms with E-state index in [4.69, 9.17) is 29.2 Å². The number of carbonyl (C=O) groups excluding carboxylic acids is 2. The minimum absolute atomic E-state index is 0.0712. The van der Waals surface area contributed by atoms with Gasteiger partial charge in [0.15, 0.2) is 0 Å². The minimum atomic E-state index is -0.433. The lowest BCUT2D eigenvalue weighted by atomic mass is 10.2. The topological polar surface area (TPSA) is 112 Å². The van der Waals surface area contributed by atoms with E-state index in [2.05, 4.69) is 0 Å². The summed E-state index contributed by atoms with van der Waals surface area (Å²) in [6.45, 7) is 0.978. The van der Waals surface area contributed by atoms with Gasteiger partial charge in [0.1, 0.15) is 13.2 Å². The molecule has 1 heterocycles. The fraction of sp³-hybridized carbons (Fsp3) is 0.364. The number of benzene rings is 2. The van der Waals surface area contributed by atoms with Crippen LogP contribution in [0.15, 0.2) is 56.0 Å². The molecule has 0 saturated heterocycles. The highest BCUT2D eigenvalue weighted by Crippen LogP contribution is 2.48. The average molecular weight is 481 g/mol. The summed E-state index contributed by atoms with van der Waals surface area (Å²) in [5.41, 5.74) is 0.900. The van der Waals surface area contributed by atoms with Crippen molar-refractivity contribution in [1.82, 2.24) is 0 Å². The second kappa shape index (κ2) is 12.8. The quantitative estimate of drug-likeness (QED) is 0.296. The predicted molar refractivity (Wildman–Crippen MR) is 118 cm³/mol. The summed E-state index contributed by atoms with van der Waals surface area (Å²) in [4.78, 5) is 28.3. The van der Waals surface area contributed by atoms with Crippen LogP contribution in [0.2, 0.25) is 0 Å². The second-order valence-corrected chi connectivity index (χ2v) is 8.64. The number of carbonyl (C=O) groups is 2. The summed E-state index contributed by atoms with van der Waals surface area (Å²) in [5.74, 6) is -0.865. The van der Waals surface area contributed by atoms with Crippen LogP contribution in [0.1, 0.15) is 20.7 Å². The fourth-order valence-electron chi connectivity index (χ4n) is 2.72. The number of ether oxygens (including phenoxy) is 4. The molecule has 1 aliphatic rings. The second-order valence-electron chi connectivity index (χ2n) is 6.47. The van der Waals surface area contributed by atoms with E-state index in [0.29, 0.717) is 11.1 Å². The maximum atomic E-state index is 12.3. The highest BCUT2D eigenvalue weighted by atomic mass is 32.2. The number of hydrogen-bond donors (Lipinski definition) is 2. The van der Waals surface area contributed by atoms with Crippen molar-refractivity contribution in [3.8, 4) is 0 Å². The molecule has 0 aromatic heterocycles. The molecule has 8 nitrogen and oxygen atoms in total. The molecular weight excluding hydrogens is 456 g/mol. The molecule has 0 aliphatic carbocycles. The third kappa shape index (κ3) is 6.96. The first-order valence-electron chi connectivity index (χ1n) is 9.97. The van der Waals surface area contributed by atoms with E-state index in [1.54, 1.807) is 24.3 Å². The van der Waals surface area contributed by atoms with Crippen LogP contribution in [0.4, 0.5) is 0 Å². The van der Waals surface area contributed by atoms with Crippen LogP contribution in [-0.4, -0.2) is 75.0 Å². The Kier molecular flexibility index (Phi) is 9.85. The Balaban J connectivity index is 1.57. The Bertz CT molecular complexity index is 859. The normalized spacial score (nSPS) is 12.1. The van der Waals surface area contributed by atoms with Crippen molar-refractivity contribution >= 4 is 35.5 Å². The van der Waals surface area contributed by atoms with Crippen molar-refractivity contribution < 1.29 is 38.7 Å². The van der Waals surface area contributed by atoms with Gasteiger partial charge in [0.25, 0.3) is 0 Å². The molecule has 172 valence electrons. The Morgan fingerprint density at radius 1 is 0.625 bits per heavy atom. The molecule has 32 heavy (non-hydrogen) atoms. The highest BCUT2D eigenvalue weighted by molar-refractivity contribution is 8.05. The van der Waals surface area contributed by atoms with Gasteiger partial charge < -0.3 is 29.2 Å². The van der Waals surface area contributed by atoms with E-state index >= 15 is 0 Å². The van der Waals surface area contributed by atoms with Crippen LogP contribution >= 0.6 is 23.5 Å². The van der Waals surface area contributed by atoms with Crippen molar-refractivity contribution in [2.75, 3.05) is 52.9 Å². The summed E-state index contributed by atoms with van der Waals surface area (Å²) in [5, 5.41) is 17.3. The van der Waals surface area contributed by atoms with Gasteiger partial charge in [-0.1, -0.05) is 23.5 Å². The van der Waals surface area contributed by atoms with Crippen LogP contribution in [0.5, 0.6) is 0 Å². The standard InChI is InChI=1S/C22H24O8S2/c23-5-7-27-9-11-29-21(25)15-1-3-17-19(13-15)32-18-4-2-16(14-20(18)31-17)22(26)30-12-10-28-8-6-24/h1-4,13-14,23-24H,5-12H2. The third-order valence-corrected chi connectivity index (χ3v) is 6.72. The molecule has 2 aromatic rings. The van der Waals surface area contributed by atoms with Crippen molar-refractivity contribution in [3.63, 3.8) is 0 Å². The number of rotatable bonds is 12. The number of aliphatic hydroxyl groups excluding tert-OH is 2. The zero-order chi connectivity index (χ0) is 22.8. The average Bonchev–Trinajstić information content (AvgIpc) is 2.81. The van der Waals surface area contributed by atoms with E-state index in [-0.39, 0.29) is 52.9 Å². The number of fused-ring (bicyclic) bond motifs is 2. The summed E-state index contributed by atoms with van der Waals surface area (Å²) in [7, 11) is 0. The van der Waals surface area contributed by atoms with Gasteiger partial charge in [-0.25, -0.2) is 9.59 Å². The summed E-state index contributed by atoms with van der Waals surface area (Å²) in [6.07, 6.45) is 0. The van der Waals surface area contributed by atoms with Gasteiger partial charge in [0, 0.05) is 19.6 Å². The predicted octanol–water partition coefficient (Wildman–Crippen LogP) is 2.63. The van der Waals surface area contributed by atoms with Crippen molar-refractivity contribution in [3.05, 3.63) is 47.5 Å². The van der Waals surface area contributed by atoms with Gasteiger partial charge in [-0.3, -0.25) is 0 Å². The Labute approximate surface area is 194 Å². The van der Waals surface area contributed by atoms with Crippen LogP contribution in [0, 0.1) is 0 Å². The molecule has 0 radical (unpaired) electrons. The molecule has 0 saturated carbocycles. The number of aliphatic hydroxyl groups is 2. The lowest BCUT2D eigenvalue weighted by Gasteiger charge is -2.19. The molecule has 0 unspecified atom stereocenters. The van der Waals surface area contributed by atoms with Gasteiger partial charge in [-0.05, 0) is 36.4 Å². The van der Waals surface area contributed by atoms with Gasteiger partial charge in [-0.15, -0.1) is 0 Å². The molecule has 0 spiro atoms. The first-order chi connectivity index (χ1) is 15.6. The first-order valence-corrected chi connectivity index (χ1v) is 11.6. The van der Waals surface area contributed by atoms with Crippen molar-refractivity contribution in [2.24, 2.45) is 0 Å². The molecule has 0 atom stereocenters. The van der Waals surface area contributed by atoms with Crippen LogP contribution in [0.3, 0.4) is 0 Å². The van der Waals surface area contributed by atoms with E-state index in [1.807, 2.05) is 12.1 Å². The summed E-state index contributed by atoms with van der Waals surface area (Å²) in [6, 6.07) is 10.7. The molecule has 1 aliphatic heterocycles. The van der Waals surface area contributed by atoms with Crippen LogP contribution in [0.25, 0.3) is 0 Å². The lowest BCUT2D eigenvalue weighted by Crippen LogP contribution is -2.12. The van der Waals surface area contributed by atoms with Crippen molar-refractivity contribution in [2.45, 2.75) is 19.6 Å². The zero-order valence-corrected chi connectivity index (χ0v) is 18.9. The van der Waals surface area contributed by atoms with Gasteiger partial charge >= 0.3 is 11.9 Å². The highest BCUT2D eigenvalue weighted by Gasteiger charge is 2.21. The molecule has 0 fully saturated rings. The van der Waals surface area contributed by atoms with Gasteiger partial charge in [0.05, 0.1) is 50.8 Å². The van der Waals surface area contributed by atoms with E-state index < -0.39 is 11.9 Å².